The Morgan fingerprint density at radius 2 is 0.966 bits per heavy atom. The molecule has 2 saturated heterocycles. The molecule has 3 rings (SSSR count). The van der Waals surface area contributed by atoms with Crippen molar-refractivity contribution < 1.29 is 0 Å². The van der Waals surface area contributed by atoms with Crippen LogP contribution in [-0.4, -0.2) is 39.8 Å². The van der Waals surface area contributed by atoms with Crippen LogP contribution in [0.3, 0.4) is 0 Å². The summed E-state index contributed by atoms with van der Waals surface area (Å²) in [6.45, 7) is 21.6. The molecule has 1 aromatic carbocycles. The smallest absolute Gasteiger partial charge is 0.140 e. The van der Waals surface area contributed by atoms with Gasteiger partial charge in [0.1, 0.15) is 7.85 Å². The lowest BCUT2D eigenvalue weighted by molar-refractivity contribution is -0.0348. The van der Waals surface area contributed by atoms with Crippen LogP contribution in [0.15, 0.2) is 18.2 Å². The minimum atomic E-state index is 0.265. The van der Waals surface area contributed by atoms with Crippen molar-refractivity contribution in [2.24, 2.45) is 0 Å². The minimum absolute atomic E-state index is 0.265. The Labute approximate surface area is 181 Å². The van der Waals surface area contributed by atoms with Crippen molar-refractivity contribution in [1.29, 1.82) is 0 Å². The predicted octanol–water partition coefficient (Wildman–Crippen LogP) is 5.03. The molecule has 2 fully saturated rings. The van der Waals surface area contributed by atoms with Gasteiger partial charge in [0.2, 0.25) is 0 Å². The number of hydrogen-bond donors (Lipinski definition) is 0. The highest BCUT2D eigenvalue weighted by molar-refractivity contribution is 6.34. The number of benzene rings is 1. The van der Waals surface area contributed by atoms with Crippen molar-refractivity contribution in [3.8, 4) is 0 Å². The highest BCUT2D eigenvalue weighted by Gasteiger charge is 2.42. The molecule has 0 radical (unpaired) electrons. The summed E-state index contributed by atoms with van der Waals surface area (Å²) in [5, 5.41) is 0. The molecule has 162 valence electrons. The van der Waals surface area contributed by atoms with E-state index in [1.165, 1.54) is 55.1 Å². The molecule has 29 heavy (non-hydrogen) atoms. The normalized spacial score (nSPS) is 26.3. The van der Waals surface area contributed by atoms with Crippen LogP contribution in [0.4, 0.5) is 0 Å². The van der Waals surface area contributed by atoms with Crippen molar-refractivity contribution in [1.82, 2.24) is 9.80 Å². The topological polar surface area (TPSA) is 6.48 Å². The van der Waals surface area contributed by atoms with E-state index >= 15 is 0 Å². The van der Waals surface area contributed by atoms with Crippen LogP contribution in [0.1, 0.15) is 105 Å². The average molecular weight is 396 g/mol. The first-order chi connectivity index (χ1) is 13.3. The minimum Gasteiger partial charge on any atom is -0.289 e. The molecule has 1 aromatic rings. The van der Waals surface area contributed by atoms with E-state index in [1.807, 2.05) is 0 Å². The monoisotopic (exact) mass is 396 g/mol. The molecule has 0 unspecified atom stereocenters. The first-order valence-corrected chi connectivity index (χ1v) is 11.9. The zero-order chi connectivity index (χ0) is 21.7. The Bertz CT molecular complexity index is 642. The first kappa shape index (κ1) is 22.9. The highest BCUT2D eigenvalue weighted by Crippen LogP contribution is 2.40. The molecule has 2 heterocycles. The largest absolute Gasteiger partial charge is 0.289 e. The molecule has 0 spiro atoms. The molecule has 2 aliphatic heterocycles. The highest BCUT2D eigenvalue weighted by atomic mass is 15.3. The van der Waals surface area contributed by atoms with E-state index in [0.29, 0.717) is 0 Å². The molecule has 0 aromatic heterocycles. The second-order valence-electron chi connectivity index (χ2n) is 12.3. The molecule has 0 atom stereocenters. The van der Waals surface area contributed by atoms with Gasteiger partial charge in [-0.25, -0.2) is 0 Å². The van der Waals surface area contributed by atoms with Gasteiger partial charge in [-0.1, -0.05) is 23.7 Å². The quantitative estimate of drug-likeness (QED) is 0.659. The van der Waals surface area contributed by atoms with Crippen molar-refractivity contribution >= 4 is 13.3 Å². The fourth-order valence-corrected chi connectivity index (χ4v) is 6.36. The summed E-state index contributed by atoms with van der Waals surface area (Å²) in [5.41, 5.74) is 5.59. The van der Waals surface area contributed by atoms with Gasteiger partial charge in [0.15, 0.2) is 0 Å². The molecule has 0 saturated carbocycles. The second kappa shape index (κ2) is 7.72. The summed E-state index contributed by atoms with van der Waals surface area (Å²) in [6.07, 6.45) is 7.87. The molecule has 0 bridgehead atoms. The molecular weight excluding hydrogens is 351 g/mol. The van der Waals surface area contributed by atoms with Gasteiger partial charge in [-0.2, -0.15) is 0 Å². The van der Waals surface area contributed by atoms with Crippen LogP contribution < -0.4 is 5.46 Å². The van der Waals surface area contributed by atoms with E-state index in [9.17, 15) is 0 Å². The van der Waals surface area contributed by atoms with Gasteiger partial charge in [0.25, 0.3) is 0 Å². The third-order valence-electron chi connectivity index (χ3n) is 8.29. The van der Waals surface area contributed by atoms with Crippen LogP contribution in [0.5, 0.6) is 0 Å². The van der Waals surface area contributed by atoms with E-state index in [2.05, 4.69) is 91.2 Å². The number of hydrogen-bond acceptors (Lipinski definition) is 2. The lowest BCUT2D eigenvalue weighted by Crippen LogP contribution is -2.58. The van der Waals surface area contributed by atoms with Crippen molar-refractivity contribution in [3.05, 3.63) is 29.3 Å². The standard InChI is InChI=1S/C26H45BN2/c1-23(2)14-10-15-24(3,4)28(23)18-20-12-9-13-21(22(20)27)19-29-25(5,6)16-11-17-26(29,7)8/h9,12-13H,10-11,14-19,27H2,1-8H3. The Kier molecular flexibility index (Phi) is 6.09. The second-order valence-corrected chi connectivity index (χ2v) is 12.3. The molecule has 0 aliphatic carbocycles. The van der Waals surface area contributed by atoms with Crippen molar-refractivity contribution in [2.75, 3.05) is 0 Å². The summed E-state index contributed by atoms with van der Waals surface area (Å²) in [7, 11) is 2.36. The molecule has 0 amide bonds. The molecule has 3 heteroatoms. The number of likely N-dealkylation sites (tertiary alicyclic amines) is 2. The number of piperidine rings is 2. The lowest BCUT2D eigenvalue weighted by atomic mass is 9.77. The first-order valence-electron chi connectivity index (χ1n) is 11.9. The Hall–Kier alpha value is -0.795. The van der Waals surface area contributed by atoms with Crippen LogP contribution in [-0.2, 0) is 13.1 Å². The third-order valence-corrected chi connectivity index (χ3v) is 8.29. The zero-order valence-electron chi connectivity index (χ0n) is 20.8. The van der Waals surface area contributed by atoms with Gasteiger partial charge in [-0.15, -0.1) is 0 Å². The van der Waals surface area contributed by atoms with Crippen LogP contribution in [0.25, 0.3) is 0 Å². The van der Waals surface area contributed by atoms with E-state index in [1.54, 1.807) is 0 Å². The van der Waals surface area contributed by atoms with E-state index in [0.717, 1.165) is 13.1 Å². The maximum atomic E-state index is 2.77. The van der Waals surface area contributed by atoms with Gasteiger partial charge >= 0.3 is 0 Å². The number of nitrogens with zero attached hydrogens (tertiary/aromatic N) is 2. The SMILES string of the molecule is Bc1c(CN2C(C)(C)CCCC2(C)C)cccc1CN1C(C)(C)CCCC1(C)C. The van der Waals surface area contributed by atoms with E-state index < -0.39 is 0 Å². The fourth-order valence-electron chi connectivity index (χ4n) is 6.36. The molecule has 2 aliphatic rings. The summed E-state index contributed by atoms with van der Waals surface area (Å²) < 4.78 is 0. The van der Waals surface area contributed by atoms with Crippen molar-refractivity contribution in [3.63, 3.8) is 0 Å². The van der Waals surface area contributed by atoms with Gasteiger partial charge in [-0.05, 0) is 105 Å². The Morgan fingerprint density at radius 3 is 1.28 bits per heavy atom. The molecule has 2 nitrogen and oxygen atoms in total. The van der Waals surface area contributed by atoms with Gasteiger partial charge in [0.05, 0.1) is 0 Å². The maximum absolute atomic E-state index is 2.77. The predicted molar refractivity (Wildman–Crippen MR) is 130 cm³/mol. The zero-order valence-corrected chi connectivity index (χ0v) is 20.8. The molecule has 0 N–H and O–H groups in total. The average Bonchev–Trinajstić information content (AvgIpc) is 2.56. The van der Waals surface area contributed by atoms with Gasteiger partial charge < -0.3 is 0 Å². The maximum Gasteiger partial charge on any atom is 0.140 e. The summed E-state index contributed by atoms with van der Waals surface area (Å²) in [4.78, 5) is 5.54. The van der Waals surface area contributed by atoms with Crippen LogP contribution in [0, 0.1) is 0 Å². The van der Waals surface area contributed by atoms with Gasteiger partial charge in [-0.3, -0.25) is 9.80 Å². The van der Waals surface area contributed by atoms with Gasteiger partial charge in [0, 0.05) is 35.2 Å². The van der Waals surface area contributed by atoms with Crippen molar-refractivity contribution in [2.45, 2.75) is 129 Å². The van der Waals surface area contributed by atoms with E-state index in [-0.39, 0.29) is 22.2 Å². The summed E-state index contributed by atoms with van der Waals surface area (Å²) in [5.74, 6) is 0. The Balaban J connectivity index is 1.88. The van der Waals surface area contributed by atoms with Crippen LogP contribution >= 0.6 is 0 Å². The summed E-state index contributed by atoms with van der Waals surface area (Å²) >= 11 is 0. The fraction of sp³-hybridized carbons (Fsp3) is 0.769. The number of rotatable bonds is 4. The summed E-state index contributed by atoms with van der Waals surface area (Å²) in [6, 6.07) is 7.03. The Morgan fingerprint density at radius 1 is 0.655 bits per heavy atom. The van der Waals surface area contributed by atoms with E-state index in [4.69, 9.17) is 0 Å². The third kappa shape index (κ3) is 4.61. The van der Waals surface area contributed by atoms with Crippen LogP contribution in [0.2, 0.25) is 0 Å². The molecular formula is C26H45BN2. The lowest BCUT2D eigenvalue weighted by Gasteiger charge is -2.54.